The average molecular weight is 499 g/mol. The van der Waals surface area contributed by atoms with Gasteiger partial charge in [-0.05, 0) is 32.0 Å². The van der Waals surface area contributed by atoms with Crippen molar-refractivity contribution in [3.05, 3.63) is 40.4 Å². The van der Waals surface area contributed by atoms with E-state index in [0.717, 1.165) is 5.69 Å². The number of imidazole rings is 1. The van der Waals surface area contributed by atoms with Crippen molar-refractivity contribution in [3.8, 4) is 0 Å². The van der Waals surface area contributed by atoms with Gasteiger partial charge in [-0.25, -0.2) is 4.98 Å². The molecule has 0 spiro atoms. The van der Waals surface area contributed by atoms with Crippen molar-refractivity contribution in [1.29, 1.82) is 0 Å². The summed E-state index contributed by atoms with van der Waals surface area (Å²) < 4.78 is 45.7. The van der Waals surface area contributed by atoms with Crippen LogP contribution >= 0.6 is 11.6 Å². The van der Waals surface area contributed by atoms with Crippen LogP contribution in [0.15, 0.2) is 18.2 Å². The highest BCUT2D eigenvalue weighted by Crippen LogP contribution is 2.29. The van der Waals surface area contributed by atoms with Crippen molar-refractivity contribution >= 4 is 40.1 Å². The lowest BCUT2D eigenvalue weighted by Crippen LogP contribution is -2.50. The number of halogens is 4. The number of rotatable bonds is 5. The van der Waals surface area contributed by atoms with Crippen LogP contribution in [-0.2, 0) is 27.0 Å². The molecule has 1 saturated heterocycles. The molecule has 182 valence electrons. The maximum absolute atomic E-state index is 12.8. The molecule has 1 fully saturated rings. The lowest BCUT2D eigenvalue weighted by molar-refractivity contribution is -0.145. The summed E-state index contributed by atoms with van der Waals surface area (Å²) in [5, 5.41) is 7.50. The average Bonchev–Trinajstić information content (AvgIpc) is 3.34. The number of nitrogens with one attached hydrogen (secondary N) is 2. The zero-order chi connectivity index (χ0) is 24.6. The van der Waals surface area contributed by atoms with E-state index in [1.807, 2.05) is 6.92 Å². The fraction of sp³-hybridized carbons (Fsp3) is 0.429. The molecule has 1 aliphatic heterocycles. The van der Waals surface area contributed by atoms with Gasteiger partial charge in [-0.3, -0.25) is 14.3 Å². The predicted molar refractivity (Wildman–Crippen MR) is 117 cm³/mol. The molecule has 0 bridgehead atoms. The van der Waals surface area contributed by atoms with E-state index < -0.39 is 24.0 Å². The summed E-state index contributed by atoms with van der Waals surface area (Å²) in [7, 11) is 0. The number of hydrogen-bond donors (Lipinski definition) is 2. The number of carbonyl (C=O) groups excluding carboxylic acids is 2. The number of aromatic amines is 1. The molecule has 9 nitrogen and oxygen atoms in total. The van der Waals surface area contributed by atoms with Gasteiger partial charge in [-0.15, -0.1) is 0 Å². The minimum Gasteiger partial charge on any atom is -0.365 e. The Kier molecular flexibility index (Phi) is 6.54. The fourth-order valence-electron chi connectivity index (χ4n) is 3.73. The number of ether oxygens (including phenoxy) is 1. The Hall–Kier alpha value is -3.12. The first-order chi connectivity index (χ1) is 16.0. The number of benzene rings is 1. The number of fused-ring (bicyclic) bond motifs is 1. The van der Waals surface area contributed by atoms with E-state index in [1.165, 1.54) is 18.2 Å². The second-order valence-electron chi connectivity index (χ2n) is 7.96. The number of hydrogen-bond acceptors (Lipinski definition) is 5. The molecule has 3 aromatic rings. The highest BCUT2D eigenvalue weighted by Gasteiger charge is 2.35. The molecule has 1 aliphatic rings. The zero-order valence-corrected chi connectivity index (χ0v) is 19.1. The third-order valence-electron chi connectivity index (χ3n) is 5.56. The third-order valence-corrected chi connectivity index (χ3v) is 6.11. The highest BCUT2D eigenvalue weighted by atomic mass is 35.5. The summed E-state index contributed by atoms with van der Waals surface area (Å²) >= 11 is 6.14. The van der Waals surface area contributed by atoms with Gasteiger partial charge in [0.15, 0.2) is 6.10 Å². The Morgan fingerprint density at radius 2 is 2.09 bits per heavy atom. The Balaban J connectivity index is 1.36. The highest BCUT2D eigenvalue weighted by molar-refractivity contribution is 6.31. The first-order valence-electron chi connectivity index (χ1n) is 10.5. The van der Waals surface area contributed by atoms with Crippen LogP contribution in [0.25, 0.3) is 11.0 Å². The Morgan fingerprint density at radius 1 is 1.32 bits per heavy atom. The minimum absolute atomic E-state index is 0.0626. The third kappa shape index (κ3) is 5.02. The lowest BCUT2D eigenvalue weighted by Gasteiger charge is -2.32. The molecule has 13 heteroatoms. The van der Waals surface area contributed by atoms with E-state index in [-0.39, 0.29) is 42.2 Å². The standard InChI is InChI=1S/C21H22ClF3N6O3/c1-11-18(22)12(2)31(29-11)6-5-17(32)30-7-8-34-16(10-30)19(33)26-13-3-4-14-15(9-13)28-20(27-14)21(23,24)25/h3-4,9,16H,5-8,10H2,1-2H3,(H,26,33)(H,27,28). The Morgan fingerprint density at radius 3 is 2.76 bits per heavy atom. The van der Waals surface area contributed by atoms with Gasteiger partial charge in [0.25, 0.3) is 5.91 Å². The molecule has 4 rings (SSSR count). The molecule has 1 atom stereocenters. The number of aryl methyl sites for hydroxylation is 2. The summed E-state index contributed by atoms with van der Waals surface area (Å²) in [6.45, 7) is 4.57. The van der Waals surface area contributed by atoms with Crippen LogP contribution in [-0.4, -0.2) is 62.3 Å². The maximum atomic E-state index is 12.8. The molecule has 0 saturated carbocycles. The zero-order valence-electron chi connectivity index (χ0n) is 18.4. The molecular weight excluding hydrogens is 477 g/mol. The monoisotopic (exact) mass is 498 g/mol. The first kappa shape index (κ1) is 24.0. The van der Waals surface area contributed by atoms with Crippen LogP contribution in [0.1, 0.15) is 23.6 Å². The van der Waals surface area contributed by atoms with E-state index in [0.29, 0.717) is 23.8 Å². The van der Waals surface area contributed by atoms with E-state index in [9.17, 15) is 22.8 Å². The molecular formula is C21H22ClF3N6O3. The molecule has 2 N–H and O–H groups in total. The van der Waals surface area contributed by atoms with E-state index in [1.54, 1.807) is 16.5 Å². The number of morpholine rings is 1. The second-order valence-corrected chi connectivity index (χ2v) is 8.34. The summed E-state index contributed by atoms with van der Waals surface area (Å²) in [5.41, 5.74) is 2.01. The van der Waals surface area contributed by atoms with Crippen LogP contribution < -0.4 is 5.32 Å². The largest absolute Gasteiger partial charge is 0.449 e. The van der Waals surface area contributed by atoms with Crippen molar-refractivity contribution in [3.63, 3.8) is 0 Å². The quantitative estimate of drug-likeness (QED) is 0.561. The molecule has 3 heterocycles. The van der Waals surface area contributed by atoms with Gasteiger partial charge in [-0.1, -0.05) is 11.6 Å². The van der Waals surface area contributed by atoms with Gasteiger partial charge in [-0.2, -0.15) is 18.3 Å². The number of nitrogens with zero attached hydrogens (tertiary/aromatic N) is 4. The fourth-order valence-corrected chi connectivity index (χ4v) is 3.87. The number of anilines is 1. The number of carbonyl (C=O) groups is 2. The normalized spacial score (nSPS) is 16.8. The molecule has 0 radical (unpaired) electrons. The Labute approximate surface area is 197 Å². The summed E-state index contributed by atoms with van der Waals surface area (Å²) in [6, 6.07) is 4.19. The van der Waals surface area contributed by atoms with Crippen molar-refractivity contribution in [1.82, 2.24) is 24.6 Å². The van der Waals surface area contributed by atoms with Crippen LogP contribution in [0.2, 0.25) is 5.02 Å². The van der Waals surface area contributed by atoms with Crippen molar-refractivity contribution in [2.45, 2.75) is 39.1 Å². The molecule has 1 aromatic carbocycles. The maximum Gasteiger partial charge on any atom is 0.449 e. The molecule has 2 amide bonds. The van der Waals surface area contributed by atoms with Gasteiger partial charge >= 0.3 is 6.18 Å². The number of amides is 2. The van der Waals surface area contributed by atoms with Crippen molar-refractivity contribution in [2.75, 3.05) is 25.0 Å². The van der Waals surface area contributed by atoms with E-state index in [4.69, 9.17) is 16.3 Å². The van der Waals surface area contributed by atoms with Gasteiger partial charge in [0.1, 0.15) is 0 Å². The first-order valence-corrected chi connectivity index (χ1v) is 10.9. The number of alkyl halides is 3. The minimum atomic E-state index is -4.60. The van der Waals surface area contributed by atoms with Gasteiger partial charge < -0.3 is 19.9 Å². The lowest BCUT2D eigenvalue weighted by atomic mass is 10.2. The van der Waals surface area contributed by atoms with Gasteiger partial charge in [0, 0.05) is 18.7 Å². The summed E-state index contributed by atoms with van der Waals surface area (Å²) in [4.78, 5) is 32.6. The Bertz CT molecular complexity index is 1240. The summed E-state index contributed by atoms with van der Waals surface area (Å²) in [6.07, 6.45) is -5.33. The van der Waals surface area contributed by atoms with Crippen LogP contribution in [0.4, 0.5) is 18.9 Å². The second kappa shape index (κ2) is 9.26. The van der Waals surface area contributed by atoms with E-state index >= 15 is 0 Å². The predicted octanol–water partition coefficient (Wildman–Crippen LogP) is 3.30. The SMILES string of the molecule is Cc1nn(CCC(=O)N2CCOC(C(=O)Nc3ccc4nc(C(F)(F)F)[nH]c4c3)C2)c(C)c1Cl. The summed E-state index contributed by atoms with van der Waals surface area (Å²) in [5.74, 6) is -1.76. The number of H-pyrrole nitrogens is 1. The van der Waals surface area contributed by atoms with Gasteiger partial charge in [0.2, 0.25) is 11.7 Å². The molecule has 1 unspecified atom stereocenters. The van der Waals surface area contributed by atoms with Crippen LogP contribution in [0, 0.1) is 13.8 Å². The van der Waals surface area contributed by atoms with Crippen LogP contribution in [0.3, 0.4) is 0 Å². The van der Waals surface area contributed by atoms with Crippen LogP contribution in [0.5, 0.6) is 0 Å². The number of aromatic nitrogens is 4. The van der Waals surface area contributed by atoms with E-state index in [2.05, 4.69) is 20.4 Å². The van der Waals surface area contributed by atoms with Crippen molar-refractivity contribution < 1.29 is 27.5 Å². The molecule has 34 heavy (non-hydrogen) atoms. The molecule has 0 aliphatic carbocycles. The van der Waals surface area contributed by atoms with Crippen molar-refractivity contribution in [2.24, 2.45) is 0 Å². The van der Waals surface area contributed by atoms with Gasteiger partial charge in [0.05, 0.1) is 47.1 Å². The molecule has 2 aromatic heterocycles. The smallest absolute Gasteiger partial charge is 0.365 e. The topological polar surface area (TPSA) is 105 Å².